The molecule has 1 saturated heterocycles. The zero-order valence-electron chi connectivity index (χ0n) is 15.2. The van der Waals surface area contributed by atoms with Crippen LogP contribution >= 0.6 is 0 Å². The monoisotopic (exact) mass is 390 g/mol. The molecule has 1 heterocycles. The minimum atomic E-state index is -3.50. The highest BCUT2D eigenvalue weighted by Crippen LogP contribution is 2.26. The summed E-state index contributed by atoms with van der Waals surface area (Å²) in [7, 11) is -1.59. The molecule has 0 radical (unpaired) electrons. The van der Waals surface area contributed by atoms with Gasteiger partial charge in [-0.25, -0.2) is 12.8 Å². The van der Waals surface area contributed by atoms with Gasteiger partial charge in [0.1, 0.15) is 5.82 Å². The summed E-state index contributed by atoms with van der Waals surface area (Å²) in [4.78, 5) is 16.5. The molecule has 1 atom stereocenters. The van der Waals surface area contributed by atoms with E-state index in [2.05, 4.69) is 0 Å². The van der Waals surface area contributed by atoms with Gasteiger partial charge in [-0.1, -0.05) is 36.4 Å². The molecule has 1 aliphatic heterocycles. The lowest BCUT2D eigenvalue weighted by molar-refractivity contribution is -0.133. The van der Waals surface area contributed by atoms with Gasteiger partial charge in [0.05, 0.1) is 16.7 Å². The average molecular weight is 390 g/mol. The molecule has 0 spiro atoms. The minimum absolute atomic E-state index is 0.0784. The van der Waals surface area contributed by atoms with Gasteiger partial charge in [-0.3, -0.25) is 9.69 Å². The third-order valence-corrected chi connectivity index (χ3v) is 6.68. The summed E-state index contributed by atoms with van der Waals surface area (Å²) in [6, 6.07) is 14.4. The number of halogens is 1. The van der Waals surface area contributed by atoms with Crippen molar-refractivity contribution in [1.82, 2.24) is 9.80 Å². The summed E-state index contributed by atoms with van der Waals surface area (Å²) in [5, 5.41) is 0. The van der Waals surface area contributed by atoms with Gasteiger partial charge in [0.2, 0.25) is 5.91 Å². The predicted octanol–water partition coefficient (Wildman–Crippen LogP) is 2.50. The van der Waals surface area contributed by atoms with Crippen LogP contribution in [0.25, 0.3) is 0 Å². The molecule has 0 saturated carbocycles. The van der Waals surface area contributed by atoms with Gasteiger partial charge in [0.25, 0.3) is 0 Å². The van der Waals surface area contributed by atoms with E-state index in [1.54, 1.807) is 41.3 Å². The van der Waals surface area contributed by atoms with Crippen LogP contribution in [-0.4, -0.2) is 56.6 Å². The molecule has 1 amide bonds. The topological polar surface area (TPSA) is 57.7 Å². The Morgan fingerprint density at radius 2 is 1.74 bits per heavy atom. The Kier molecular flexibility index (Phi) is 5.92. The van der Waals surface area contributed by atoms with Gasteiger partial charge < -0.3 is 4.90 Å². The van der Waals surface area contributed by atoms with Crippen molar-refractivity contribution in [1.29, 1.82) is 0 Å². The van der Waals surface area contributed by atoms with E-state index in [-0.39, 0.29) is 34.8 Å². The van der Waals surface area contributed by atoms with E-state index in [1.807, 2.05) is 11.9 Å². The van der Waals surface area contributed by atoms with Crippen LogP contribution in [0.5, 0.6) is 0 Å². The number of carbonyl (C=O) groups is 1. The normalized spacial score (nSPS) is 18.4. The van der Waals surface area contributed by atoms with Crippen molar-refractivity contribution in [2.75, 3.05) is 32.4 Å². The number of likely N-dealkylation sites (N-methyl/N-ethyl adjacent to an activating group) is 1. The molecule has 0 aliphatic carbocycles. The minimum Gasteiger partial charge on any atom is -0.339 e. The lowest BCUT2D eigenvalue weighted by Gasteiger charge is -2.39. The fraction of sp³-hybridized carbons (Fsp3) is 0.350. The molecule has 3 rings (SSSR count). The Hall–Kier alpha value is -2.25. The Labute approximate surface area is 159 Å². The second kappa shape index (κ2) is 8.19. The number of carbonyl (C=O) groups excluding carboxylic acids is 1. The SMILES string of the molecule is CN1CCN(C(=O)CCS(=O)(=O)c2ccccc2)CC1c1ccccc1F. The highest BCUT2D eigenvalue weighted by molar-refractivity contribution is 7.91. The van der Waals surface area contributed by atoms with Gasteiger partial charge in [-0.2, -0.15) is 0 Å². The van der Waals surface area contributed by atoms with Crippen molar-refractivity contribution in [3.05, 3.63) is 66.0 Å². The predicted molar refractivity (Wildman–Crippen MR) is 101 cm³/mol. The zero-order valence-corrected chi connectivity index (χ0v) is 16.0. The molecule has 1 fully saturated rings. The molecule has 0 N–H and O–H groups in total. The second-order valence-electron chi connectivity index (χ2n) is 6.74. The van der Waals surface area contributed by atoms with Crippen LogP contribution in [0.2, 0.25) is 0 Å². The van der Waals surface area contributed by atoms with E-state index >= 15 is 0 Å². The van der Waals surface area contributed by atoms with E-state index in [9.17, 15) is 17.6 Å². The molecule has 2 aromatic carbocycles. The third kappa shape index (κ3) is 4.54. The van der Waals surface area contributed by atoms with Crippen molar-refractivity contribution in [2.24, 2.45) is 0 Å². The van der Waals surface area contributed by atoms with Gasteiger partial charge in [0, 0.05) is 31.6 Å². The number of nitrogens with zero attached hydrogens (tertiary/aromatic N) is 2. The number of sulfone groups is 1. The molecule has 1 unspecified atom stereocenters. The van der Waals surface area contributed by atoms with Crippen molar-refractivity contribution in [3.63, 3.8) is 0 Å². The Bertz CT molecular complexity index is 902. The molecule has 1 aliphatic rings. The number of amides is 1. The Morgan fingerprint density at radius 1 is 1.07 bits per heavy atom. The van der Waals surface area contributed by atoms with Crippen LogP contribution < -0.4 is 0 Å². The molecule has 2 aromatic rings. The Morgan fingerprint density at radius 3 is 2.44 bits per heavy atom. The van der Waals surface area contributed by atoms with Crippen LogP contribution in [0.4, 0.5) is 4.39 Å². The van der Waals surface area contributed by atoms with E-state index in [1.165, 1.54) is 18.2 Å². The highest BCUT2D eigenvalue weighted by Gasteiger charge is 2.30. The molecular weight excluding hydrogens is 367 g/mol. The zero-order chi connectivity index (χ0) is 19.4. The summed E-state index contributed by atoms with van der Waals surface area (Å²) in [5.41, 5.74) is 0.550. The maximum atomic E-state index is 14.2. The van der Waals surface area contributed by atoms with Gasteiger partial charge in [-0.15, -0.1) is 0 Å². The lowest BCUT2D eigenvalue weighted by atomic mass is 10.0. The summed E-state index contributed by atoms with van der Waals surface area (Å²) in [6.45, 7) is 1.46. The molecule has 144 valence electrons. The Balaban J connectivity index is 1.66. The molecule has 5 nitrogen and oxygen atoms in total. The fourth-order valence-electron chi connectivity index (χ4n) is 3.31. The first-order chi connectivity index (χ1) is 12.9. The van der Waals surface area contributed by atoms with Crippen LogP contribution in [-0.2, 0) is 14.6 Å². The van der Waals surface area contributed by atoms with Crippen molar-refractivity contribution in [3.8, 4) is 0 Å². The largest absolute Gasteiger partial charge is 0.339 e. The van der Waals surface area contributed by atoms with Crippen molar-refractivity contribution >= 4 is 15.7 Å². The van der Waals surface area contributed by atoms with Gasteiger partial charge in [-0.05, 0) is 25.2 Å². The molecule has 0 aromatic heterocycles. The van der Waals surface area contributed by atoms with Crippen LogP contribution in [0.1, 0.15) is 18.0 Å². The van der Waals surface area contributed by atoms with E-state index in [0.717, 1.165) is 0 Å². The second-order valence-corrected chi connectivity index (χ2v) is 8.85. The number of piperazine rings is 1. The summed E-state index contributed by atoms with van der Waals surface area (Å²) >= 11 is 0. The van der Waals surface area contributed by atoms with E-state index in [0.29, 0.717) is 25.2 Å². The molecule has 0 bridgehead atoms. The average Bonchev–Trinajstić information content (AvgIpc) is 2.68. The van der Waals surface area contributed by atoms with Crippen LogP contribution in [0.3, 0.4) is 0 Å². The van der Waals surface area contributed by atoms with E-state index < -0.39 is 9.84 Å². The number of hydrogen-bond acceptors (Lipinski definition) is 4. The van der Waals surface area contributed by atoms with Gasteiger partial charge in [0.15, 0.2) is 9.84 Å². The molecule has 27 heavy (non-hydrogen) atoms. The third-order valence-electron chi connectivity index (χ3n) is 4.95. The van der Waals surface area contributed by atoms with E-state index in [4.69, 9.17) is 0 Å². The maximum absolute atomic E-state index is 14.2. The number of benzene rings is 2. The number of rotatable bonds is 5. The quantitative estimate of drug-likeness (QED) is 0.787. The lowest BCUT2D eigenvalue weighted by Crippen LogP contribution is -2.49. The first-order valence-corrected chi connectivity index (χ1v) is 10.5. The summed E-state index contributed by atoms with van der Waals surface area (Å²) in [5.74, 6) is -0.744. The van der Waals surface area contributed by atoms with Crippen molar-refractivity contribution < 1.29 is 17.6 Å². The molecular formula is C20H23FN2O3S. The smallest absolute Gasteiger partial charge is 0.223 e. The highest BCUT2D eigenvalue weighted by atomic mass is 32.2. The summed E-state index contributed by atoms with van der Waals surface area (Å²) < 4.78 is 38.9. The van der Waals surface area contributed by atoms with Gasteiger partial charge >= 0.3 is 0 Å². The fourth-order valence-corrected chi connectivity index (χ4v) is 4.56. The maximum Gasteiger partial charge on any atom is 0.223 e. The van der Waals surface area contributed by atoms with Crippen LogP contribution in [0, 0.1) is 5.82 Å². The van der Waals surface area contributed by atoms with Crippen LogP contribution in [0.15, 0.2) is 59.5 Å². The standard InChI is InChI=1S/C20H23FN2O3S/c1-22-12-13-23(15-19(22)17-9-5-6-10-18(17)21)20(24)11-14-27(25,26)16-7-3-2-4-8-16/h2-10,19H,11-15H2,1H3. The first-order valence-electron chi connectivity index (χ1n) is 8.89. The van der Waals surface area contributed by atoms with Crippen molar-refractivity contribution in [2.45, 2.75) is 17.4 Å². The molecule has 7 heteroatoms. The number of hydrogen-bond donors (Lipinski definition) is 0. The first kappa shape index (κ1) is 19.5. The summed E-state index contributed by atoms with van der Waals surface area (Å²) in [6.07, 6.45) is -0.0784.